The fourth-order valence-electron chi connectivity index (χ4n) is 2.22. The fraction of sp³-hybridized carbons (Fsp3) is 0. The van der Waals surface area contributed by atoms with Crippen LogP contribution in [0.2, 0.25) is 0 Å². The molecule has 2 N–H and O–H groups in total. The van der Waals surface area contributed by atoms with Crippen molar-refractivity contribution < 1.29 is 27.8 Å². The van der Waals surface area contributed by atoms with Gasteiger partial charge in [0.15, 0.2) is 34.8 Å². The molecule has 0 radical (unpaired) electrons. The van der Waals surface area contributed by atoms with Crippen LogP contribution in [0.3, 0.4) is 0 Å². The quantitative estimate of drug-likeness (QED) is 0.683. The van der Waals surface area contributed by atoms with Gasteiger partial charge in [-0.1, -0.05) is 0 Å². The Balaban J connectivity index is 2.10. The average Bonchev–Trinajstić information content (AvgIpc) is 2.56. The summed E-state index contributed by atoms with van der Waals surface area (Å²) in [5.41, 5.74) is 0.743. The molecule has 122 valence electrons. The molecule has 3 rings (SSSR count). The van der Waals surface area contributed by atoms with E-state index in [0.29, 0.717) is 0 Å². The second kappa shape index (κ2) is 5.84. The van der Waals surface area contributed by atoms with Crippen LogP contribution >= 0.6 is 0 Å². The molecule has 2 aromatic carbocycles. The minimum atomic E-state index is -1.14. The summed E-state index contributed by atoms with van der Waals surface area (Å²) in [7, 11) is 0. The summed E-state index contributed by atoms with van der Waals surface area (Å²) in [5.74, 6) is -6.75. The van der Waals surface area contributed by atoms with Crippen molar-refractivity contribution in [3.8, 4) is 33.8 Å². The number of nitrogens with zero attached hydrogens (tertiary/aromatic N) is 1. The van der Waals surface area contributed by atoms with Crippen LogP contribution < -0.4 is 0 Å². The van der Waals surface area contributed by atoms with Crippen LogP contribution in [0.25, 0.3) is 22.3 Å². The molecule has 0 unspecified atom stereocenters. The van der Waals surface area contributed by atoms with E-state index in [1.807, 2.05) is 0 Å². The zero-order valence-corrected chi connectivity index (χ0v) is 11.9. The SMILES string of the molecule is Oc1c(F)cc(-c2cncc(-c3cc(F)c(O)c(F)c3)c2)cc1F. The number of hydrogen-bond donors (Lipinski definition) is 2. The maximum absolute atomic E-state index is 13.5. The molecular formula is C17H9F4NO2. The topological polar surface area (TPSA) is 53.4 Å². The predicted octanol–water partition coefficient (Wildman–Crippen LogP) is 4.38. The first-order valence-electron chi connectivity index (χ1n) is 6.68. The first-order valence-corrected chi connectivity index (χ1v) is 6.68. The van der Waals surface area contributed by atoms with Crippen molar-refractivity contribution >= 4 is 0 Å². The molecule has 0 amide bonds. The van der Waals surface area contributed by atoms with Crippen LogP contribution in [0, 0.1) is 23.3 Å². The van der Waals surface area contributed by atoms with E-state index in [1.54, 1.807) is 0 Å². The predicted molar refractivity (Wildman–Crippen MR) is 78.3 cm³/mol. The van der Waals surface area contributed by atoms with Gasteiger partial charge in [0.2, 0.25) is 0 Å². The Labute approximate surface area is 133 Å². The molecule has 7 heteroatoms. The molecule has 0 atom stereocenters. The minimum Gasteiger partial charge on any atom is -0.503 e. The van der Waals surface area contributed by atoms with Crippen molar-refractivity contribution in [1.29, 1.82) is 0 Å². The van der Waals surface area contributed by atoms with Crippen LogP contribution in [0.15, 0.2) is 42.7 Å². The number of benzene rings is 2. The number of hydrogen-bond acceptors (Lipinski definition) is 3. The van der Waals surface area contributed by atoms with E-state index >= 15 is 0 Å². The summed E-state index contributed by atoms with van der Waals surface area (Å²) in [6.45, 7) is 0. The smallest absolute Gasteiger partial charge is 0.187 e. The molecular weight excluding hydrogens is 326 g/mol. The van der Waals surface area contributed by atoms with E-state index in [9.17, 15) is 17.6 Å². The summed E-state index contributed by atoms with van der Waals surface area (Å²) in [6.07, 6.45) is 2.61. The van der Waals surface area contributed by atoms with Gasteiger partial charge in [-0.05, 0) is 41.5 Å². The number of aromatic hydroxyl groups is 2. The molecule has 1 heterocycles. The Morgan fingerprint density at radius 1 is 0.542 bits per heavy atom. The van der Waals surface area contributed by atoms with E-state index in [4.69, 9.17) is 10.2 Å². The van der Waals surface area contributed by atoms with Gasteiger partial charge in [-0.25, -0.2) is 17.6 Å². The maximum Gasteiger partial charge on any atom is 0.187 e. The second-order valence-electron chi connectivity index (χ2n) is 5.04. The van der Waals surface area contributed by atoms with Crippen LogP contribution in [0.5, 0.6) is 11.5 Å². The van der Waals surface area contributed by atoms with Gasteiger partial charge in [-0.15, -0.1) is 0 Å². The van der Waals surface area contributed by atoms with E-state index < -0.39 is 34.8 Å². The monoisotopic (exact) mass is 335 g/mol. The van der Waals surface area contributed by atoms with Gasteiger partial charge in [0.25, 0.3) is 0 Å². The third-order valence-corrected chi connectivity index (χ3v) is 3.44. The molecule has 0 spiro atoms. The van der Waals surface area contributed by atoms with E-state index in [0.717, 1.165) is 24.3 Å². The molecule has 1 aromatic heterocycles. The van der Waals surface area contributed by atoms with Gasteiger partial charge in [-0.2, -0.15) is 0 Å². The van der Waals surface area contributed by atoms with Gasteiger partial charge in [0, 0.05) is 23.5 Å². The molecule has 0 aliphatic rings. The highest BCUT2D eigenvalue weighted by molar-refractivity contribution is 5.72. The van der Waals surface area contributed by atoms with E-state index in [2.05, 4.69) is 4.98 Å². The lowest BCUT2D eigenvalue weighted by Gasteiger charge is -2.08. The summed E-state index contributed by atoms with van der Waals surface area (Å²) >= 11 is 0. The van der Waals surface area contributed by atoms with Gasteiger partial charge in [0.1, 0.15) is 0 Å². The number of phenolic OH excluding ortho intramolecular Hbond substituents is 2. The van der Waals surface area contributed by atoms with E-state index in [1.165, 1.54) is 18.5 Å². The summed E-state index contributed by atoms with van der Waals surface area (Å²) < 4.78 is 53.8. The molecule has 3 aromatic rings. The van der Waals surface area contributed by atoms with Crippen molar-refractivity contribution in [3.05, 3.63) is 66.0 Å². The number of phenols is 2. The molecule has 0 aliphatic heterocycles. The maximum atomic E-state index is 13.5. The average molecular weight is 335 g/mol. The molecule has 0 fully saturated rings. The highest BCUT2D eigenvalue weighted by Gasteiger charge is 2.14. The van der Waals surface area contributed by atoms with Crippen molar-refractivity contribution in [2.75, 3.05) is 0 Å². The zero-order chi connectivity index (χ0) is 17.4. The molecule has 24 heavy (non-hydrogen) atoms. The molecule has 0 aliphatic carbocycles. The van der Waals surface area contributed by atoms with Crippen LogP contribution in [0.1, 0.15) is 0 Å². The fourth-order valence-corrected chi connectivity index (χ4v) is 2.22. The number of rotatable bonds is 2. The third kappa shape index (κ3) is 2.76. The Morgan fingerprint density at radius 2 is 0.875 bits per heavy atom. The normalized spacial score (nSPS) is 10.8. The molecule has 3 nitrogen and oxygen atoms in total. The highest BCUT2D eigenvalue weighted by atomic mass is 19.1. The molecule has 0 saturated heterocycles. The minimum absolute atomic E-state index is 0.0943. The highest BCUT2D eigenvalue weighted by Crippen LogP contribution is 2.32. The van der Waals surface area contributed by atoms with Crippen molar-refractivity contribution in [3.63, 3.8) is 0 Å². The van der Waals surface area contributed by atoms with Gasteiger partial charge in [0.05, 0.1) is 0 Å². The number of pyridine rings is 1. The van der Waals surface area contributed by atoms with Crippen molar-refractivity contribution in [2.45, 2.75) is 0 Å². The van der Waals surface area contributed by atoms with Crippen LogP contribution in [-0.4, -0.2) is 15.2 Å². The summed E-state index contributed by atoms with van der Waals surface area (Å²) in [5, 5.41) is 18.2. The second-order valence-corrected chi connectivity index (χ2v) is 5.04. The van der Waals surface area contributed by atoms with Crippen molar-refractivity contribution in [1.82, 2.24) is 4.98 Å². The Morgan fingerprint density at radius 3 is 1.21 bits per heavy atom. The Bertz CT molecular complexity index is 825. The first-order chi connectivity index (χ1) is 11.4. The Hall–Kier alpha value is -3.09. The van der Waals surface area contributed by atoms with Gasteiger partial charge in [-0.3, -0.25) is 4.98 Å². The van der Waals surface area contributed by atoms with Crippen molar-refractivity contribution in [2.24, 2.45) is 0 Å². The van der Waals surface area contributed by atoms with E-state index in [-0.39, 0.29) is 22.3 Å². The van der Waals surface area contributed by atoms with Crippen LogP contribution in [-0.2, 0) is 0 Å². The largest absolute Gasteiger partial charge is 0.503 e. The lowest BCUT2D eigenvalue weighted by molar-refractivity contribution is 0.396. The van der Waals surface area contributed by atoms with Gasteiger partial charge < -0.3 is 10.2 Å². The number of halogens is 4. The first kappa shape index (κ1) is 15.8. The standard InChI is InChI=1S/C17H9F4NO2/c18-12-2-8(3-13(19)16(12)23)10-1-11(7-22-6-10)9-4-14(20)17(24)15(21)5-9/h1-7,23-24H. The molecule has 0 saturated carbocycles. The molecule has 0 bridgehead atoms. The lowest BCUT2D eigenvalue weighted by Crippen LogP contribution is -1.90. The number of aromatic nitrogens is 1. The Kier molecular flexibility index (Phi) is 3.84. The lowest BCUT2D eigenvalue weighted by atomic mass is 10.0. The van der Waals surface area contributed by atoms with Gasteiger partial charge >= 0.3 is 0 Å². The zero-order valence-electron chi connectivity index (χ0n) is 11.9. The van der Waals surface area contributed by atoms with Crippen LogP contribution in [0.4, 0.5) is 17.6 Å². The third-order valence-electron chi connectivity index (χ3n) is 3.44. The summed E-state index contributed by atoms with van der Waals surface area (Å²) in [4.78, 5) is 3.89. The summed E-state index contributed by atoms with van der Waals surface area (Å²) in [6, 6.07) is 5.08.